The molecule has 5 heterocycles. The summed E-state index contributed by atoms with van der Waals surface area (Å²) in [4.78, 5) is 40.4. The van der Waals surface area contributed by atoms with Gasteiger partial charge in [-0.15, -0.1) is 0 Å². The van der Waals surface area contributed by atoms with E-state index in [9.17, 15) is 0 Å². The first-order valence-electron chi connectivity index (χ1n) is 27.6. The van der Waals surface area contributed by atoms with Crippen molar-refractivity contribution < 1.29 is 37.9 Å². The third-order valence-corrected chi connectivity index (χ3v) is 11.5. The molecule has 2 N–H and O–H groups in total. The lowest BCUT2D eigenvalue weighted by molar-refractivity contribution is 0.126. The van der Waals surface area contributed by atoms with E-state index >= 15 is 0 Å². The standard InChI is InChI=1S/C64H82N8O8/c1-57(2,3)73-33-25-26-34(74-58(4,5)6)42-41(33)49-65-50(42)70-52-45-37(77-61(13,14)15)29-30-38(78-62(16,17)18)46(45)54(67-52)72-56-48-40(80-64(22,23)24)32-31-39(79-63(19,20)21)47(48)55(68-56)71-53-44-36(76-60(10,11)12)28-27-35(75-59(7,8)9)43(44)51(66-53)69-49/h25-32H,1-24H3,(H2,65,66,67,68,69,70,71,72). The summed E-state index contributed by atoms with van der Waals surface area (Å²) in [6.45, 7) is 48.1. The quantitative estimate of drug-likeness (QED) is 0.147. The molecule has 8 bridgehead atoms. The smallest absolute Gasteiger partial charge is 0.168 e. The number of hydrogen-bond donors (Lipinski definition) is 2. The van der Waals surface area contributed by atoms with E-state index < -0.39 is 44.8 Å². The molecule has 9 rings (SSSR count). The van der Waals surface area contributed by atoms with Crippen LogP contribution in [0.25, 0.3) is 89.7 Å². The number of benzene rings is 4. The minimum absolute atomic E-state index is 0.288. The molecule has 0 saturated carbocycles. The molecule has 4 aromatic carbocycles. The Morgan fingerprint density at radius 1 is 0.225 bits per heavy atom. The van der Waals surface area contributed by atoms with Gasteiger partial charge in [0, 0.05) is 0 Å². The second-order valence-corrected chi connectivity index (χ2v) is 28.6. The largest absolute Gasteiger partial charge is 0.487 e. The van der Waals surface area contributed by atoms with Crippen LogP contribution in [0.5, 0.6) is 46.0 Å². The van der Waals surface area contributed by atoms with Gasteiger partial charge in [0.05, 0.1) is 43.8 Å². The second-order valence-electron chi connectivity index (χ2n) is 28.6. The van der Waals surface area contributed by atoms with Gasteiger partial charge in [0.15, 0.2) is 23.3 Å². The molecule has 2 aliphatic rings. The van der Waals surface area contributed by atoms with Gasteiger partial charge in [-0.25, -0.2) is 29.9 Å². The molecule has 0 aliphatic carbocycles. The van der Waals surface area contributed by atoms with Crippen LogP contribution in [-0.2, 0) is 0 Å². The van der Waals surface area contributed by atoms with Crippen molar-refractivity contribution in [2.24, 2.45) is 0 Å². The average molecular weight is 1090 g/mol. The summed E-state index contributed by atoms with van der Waals surface area (Å²) in [5.74, 6) is 5.36. The number of aromatic nitrogens is 8. The maximum absolute atomic E-state index is 6.86. The molecule has 80 heavy (non-hydrogen) atoms. The minimum Gasteiger partial charge on any atom is -0.487 e. The molecule has 0 fully saturated rings. The van der Waals surface area contributed by atoms with Crippen molar-refractivity contribution in [1.82, 2.24) is 39.9 Å². The molecule has 7 aromatic rings. The maximum Gasteiger partial charge on any atom is 0.168 e. The predicted octanol–water partition coefficient (Wildman–Crippen LogP) is 16.3. The van der Waals surface area contributed by atoms with Crippen molar-refractivity contribution in [3.63, 3.8) is 0 Å². The molecule has 0 radical (unpaired) electrons. The highest BCUT2D eigenvalue weighted by molar-refractivity contribution is 6.13. The lowest BCUT2D eigenvalue weighted by atomic mass is 10.0. The van der Waals surface area contributed by atoms with Crippen LogP contribution < -0.4 is 37.9 Å². The van der Waals surface area contributed by atoms with Crippen LogP contribution in [0.1, 0.15) is 166 Å². The van der Waals surface area contributed by atoms with Crippen molar-refractivity contribution in [3.8, 4) is 91.5 Å². The highest BCUT2D eigenvalue weighted by Gasteiger charge is 2.36. The van der Waals surface area contributed by atoms with Crippen LogP contribution in [0, 0.1) is 0 Å². The summed E-state index contributed by atoms with van der Waals surface area (Å²) in [6.07, 6.45) is 0. The third-order valence-electron chi connectivity index (χ3n) is 11.5. The van der Waals surface area contributed by atoms with Crippen LogP contribution in [0.15, 0.2) is 48.5 Å². The zero-order valence-corrected chi connectivity index (χ0v) is 51.6. The molecule has 426 valence electrons. The van der Waals surface area contributed by atoms with E-state index in [2.05, 4.69) is 9.97 Å². The van der Waals surface area contributed by atoms with E-state index in [1.165, 1.54) is 0 Å². The third kappa shape index (κ3) is 12.6. The molecule has 0 atom stereocenters. The highest BCUT2D eigenvalue weighted by atomic mass is 16.5. The molecule has 16 nitrogen and oxygen atoms in total. The van der Waals surface area contributed by atoms with Gasteiger partial charge < -0.3 is 47.9 Å². The van der Waals surface area contributed by atoms with E-state index in [-0.39, 0.29) is 23.3 Å². The van der Waals surface area contributed by atoms with Gasteiger partial charge in [-0.05, 0) is 215 Å². The SMILES string of the molecule is CC(C)(C)Oc1ccc(OC(C)(C)C)c2c1-c1nc-2nc2[nH]c(nc3nc(nc4[nH]c(n1)c1c(OC(C)(C)C)ccc(OC(C)(C)C)c41)-c1c(OC(C)(C)C)ccc(OC(C)(C)C)c1-3)c1c(OC(C)(C)C)ccc(OC(C)(C)C)c21. The Morgan fingerprint density at radius 3 is 0.537 bits per heavy atom. The van der Waals surface area contributed by atoms with Gasteiger partial charge in [-0.2, -0.15) is 0 Å². The fourth-order valence-corrected chi connectivity index (χ4v) is 9.39. The number of nitrogens with zero attached hydrogens (tertiary/aromatic N) is 6. The summed E-state index contributed by atoms with van der Waals surface area (Å²) in [5.41, 5.74) is -1.37. The molecule has 2 aliphatic heterocycles. The average Bonchev–Trinajstić information content (AvgIpc) is 4.01. The first-order chi connectivity index (χ1) is 36.6. The van der Waals surface area contributed by atoms with Crippen LogP contribution >= 0.6 is 0 Å². The van der Waals surface area contributed by atoms with E-state index in [1.54, 1.807) is 0 Å². The zero-order chi connectivity index (χ0) is 58.8. The molecule has 0 saturated heterocycles. The van der Waals surface area contributed by atoms with Crippen LogP contribution in [-0.4, -0.2) is 84.7 Å². The van der Waals surface area contributed by atoms with Crippen LogP contribution in [0.2, 0.25) is 0 Å². The molecule has 0 spiro atoms. The van der Waals surface area contributed by atoms with Gasteiger partial charge in [0.1, 0.15) is 113 Å². The number of hydrogen-bond acceptors (Lipinski definition) is 14. The molecule has 0 amide bonds. The number of fused-ring (bicyclic) bond motifs is 20. The first-order valence-corrected chi connectivity index (χ1v) is 27.6. The van der Waals surface area contributed by atoms with Gasteiger partial charge >= 0.3 is 0 Å². The summed E-state index contributed by atoms with van der Waals surface area (Å²) in [6, 6.07) is 15.3. The Bertz CT molecular complexity index is 3280. The maximum atomic E-state index is 6.86. The number of aromatic amines is 2. The monoisotopic (exact) mass is 1090 g/mol. The minimum atomic E-state index is -0.644. The summed E-state index contributed by atoms with van der Waals surface area (Å²) >= 11 is 0. The number of ether oxygens (including phenoxy) is 8. The van der Waals surface area contributed by atoms with Gasteiger partial charge in [-0.3, -0.25) is 0 Å². The Balaban J connectivity index is 1.62. The fourth-order valence-electron chi connectivity index (χ4n) is 9.39. The predicted molar refractivity (Wildman–Crippen MR) is 319 cm³/mol. The second kappa shape index (κ2) is 19.1. The van der Waals surface area contributed by atoms with E-state index in [0.717, 1.165) is 0 Å². The Morgan fingerprint density at radius 2 is 0.375 bits per heavy atom. The van der Waals surface area contributed by atoms with Crippen molar-refractivity contribution in [2.75, 3.05) is 0 Å². The first kappa shape index (κ1) is 57.3. The summed E-state index contributed by atoms with van der Waals surface area (Å²) in [7, 11) is 0. The van der Waals surface area contributed by atoms with Crippen molar-refractivity contribution in [3.05, 3.63) is 48.5 Å². The summed E-state index contributed by atoms with van der Waals surface area (Å²) < 4.78 is 54.9. The topological polar surface area (TPSA) is 183 Å². The van der Waals surface area contributed by atoms with Gasteiger partial charge in [0.2, 0.25) is 0 Å². The normalized spacial score (nSPS) is 13.5. The van der Waals surface area contributed by atoms with Crippen LogP contribution in [0.3, 0.4) is 0 Å². The van der Waals surface area contributed by atoms with Gasteiger partial charge in [-0.1, -0.05) is 0 Å². The molecular weight excluding hydrogens is 1010 g/mol. The number of nitrogens with one attached hydrogen (secondary N) is 2. The van der Waals surface area contributed by atoms with Crippen molar-refractivity contribution >= 4 is 44.1 Å². The molecule has 0 unspecified atom stereocenters. The Kier molecular flexibility index (Phi) is 13.7. The van der Waals surface area contributed by atoms with Crippen LogP contribution in [0.4, 0.5) is 0 Å². The van der Waals surface area contributed by atoms with Gasteiger partial charge in [0.25, 0.3) is 0 Å². The highest BCUT2D eigenvalue weighted by Crippen LogP contribution is 2.52. The van der Waals surface area contributed by atoms with Crippen molar-refractivity contribution in [2.45, 2.75) is 211 Å². The zero-order valence-electron chi connectivity index (χ0n) is 51.6. The Hall–Kier alpha value is -7.36. The Labute approximate surface area is 471 Å². The fraction of sp³-hybridized carbons (Fsp3) is 0.500. The molecule has 3 aromatic heterocycles. The summed E-state index contributed by atoms with van der Waals surface area (Å²) in [5, 5.41) is 2.38. The molecule has 16 heteroatoms. The number of rotatable bonds is 8. The van der Waals surface area contributed by atoms with E-state index in [0.29, 0.717) is 112 Å². The van der Waals surface area contributed by atoms with E-state index in [4.69, 9.17) is 67.8 Å². The van der Waals surface area contributed by atoms with Crippen molar-refractivity contribution in [1.29, 1.82) is 0 Å². The number of H-pyrrole nitrogens is 2. The lowest BCUT2D eigenvalue weighted by Crippen LogP contribution is -2.24. The lowest BCUT2D eigenvalue weighted by Gasteiger charge is -2.26. The van der Waals surface area contributed by atoms with E-state index in [1.807, 2.05) is 215 Å². The molecular formula is C64H82N8O8.